The van der Waals surface area contributed by atoms with Crippen LogP contribution in [0.25, 0.3) is 0 Å². The van der Waals surface area contributed by atoms with Gasteiger partial charge >= 0.3 is 6.09 Å². The Bertz CT molecular complexity index is 445. The van der Waals surface area contributed by atoms with Gasteiger partial charge in [0.1, 0.15) is 6.61 Å². The summed E-state index contributed by atoms with van der Waals surface area (Å²) >= 11 is 0. The van der Waals surface area contributed by atoms with Crippen molar-refractivity contribution in [1.82, 2.24) is 4.90 Å². The first-order chi connectivity index (χ1) is 9.29. The summed E-state index contributed by atoms with van der Waals surface area (Å²) in [4.78, 5) is 17.7. The van der Waals surface area contributed by atoms with Crippen LogP contribution in [0.5, 0.6) is 0 Å². The van der Waals surface area contributed by atoms with Crippen molar-refractivity contribution in [2.45, 2.75) is 13.5 Å². The lowest BCUT2D eigenvalue weighted by Gasteiger charge is -2.25. The van der Waals surface area contributed by atoms with Crippen molar-refractivity contribution in [3.05, 3.63) is 35.9 Å². The number of ether oxygens (including phenoxy) is 2. The van der Waals surface area contributed by atoms with Crippen LogP contribution in [0.1, 0.15) is 12.5 Å². The monoisotopic (exact) mass is 262 g/mol. The Balaban J connectivity index is 1.82. The summed E-state index contributed by atoms with van der Waals surface area (Å²) in [5.74, 6) is 0.602. The highest BCUT2D eigenvalue weighted by Crippen LogP contribution is 2.06. The van der Waals surface area contributed by atoms with Crippen molar-refractivity contribution in [2.75, 3.05) is 26.2 Å². The van der Waals surface area contributed by atoms with Crippen LogP contribution >= 0.6 is 0 Å². The fraction of sp³-hybridized carbons (Fsp3) is 0.429. The van der Waals surface area contributed by atoms with Crippen molar-refractivity contribution in [3.63, 3.8) is 0 Å². The molecule has 102 valence electrons. The number of hydrogen-bond acceptors (Lipinski definition) is 4. The Kier molecular flexibility index (Phi) is 4.78. The maximum atomic E-state index is 11.9. The summed E-state index contributed by atoms with van der Waals surface area (Å²) < 4.78 is 10.6. The molecule has 0 saturated heterocycles. The van der Waals surface area contributed by atoms with E-state index in [4.69, 9.17) is 9.47 Å². The average molecular weight is 262 g/mol. The average Bonchev–Trinajstić information content (AvgIpc) is 2.46. The van der Waals surface area contributed by atoms with E-state index in [1.165, 1.54) is 0 Å². The highest BCUT2D eigenvalue weighted by Gasteiger charge is 2.21. The van der Waals surface area contributed by atoms with Gasteiger partial charge in [-0.05, 0) is 12.5 Å². The molecule has 0 spiro atoms. The van der Waals surface area contributed by atoms with Crippen LogP contribution in [0.2, 0.25) is 0 Å². The first-order valence-electron chi connectivity index (χ1n) is 6.41. The Morgan fingerprint density at radius 3 is 2.89 bits per heavy atom. The quantitative estimate of drug-likeness (QED) is 0.838. The van der Waals surface area contributed by atoms with E-state index in [1.807, 2.05) is 37.3 Å². The largest absolute Gasteiger partial charge is 0.480 e. The van der Waals surface area contributed by atoms with Gasteiger partial charge in [-0.2, -0.15) is 0 Å². The smallest absolute Gasteiger partial charge is 0.410 e. The number of rotatable bonds is 3. The molecule has 5 nitrogen and oxygen atoms in total. The minimum atomic E-state index is -0.323. The molecule has 1 aromatic rings. The number of amides is 1. The number of carbonyl (C=O) groups is 1. The molecule has 0 atom stereocenters. The van der Waals surface area contributed by atoms with Gasteiger partial charge in [0.05, 0.1) is 19.7 Å². The molecule has 1 amide bonds. The molecular formula is C14H18N2O3. The van der Waals surface area contributed by atoms with Crippen LogP contribution in [0.15, 0.2) is 35.3 Å². The molecule has 5 heteroatoms. The minimum absolute atomic E-state index is 0.289. The zero-order valence-corrected chi connectivity index (χ0v) is 11.0. The van der Waals surface area contributed by atoms with E-state index in [2.05, 4.69) is 4.99 Å². The van der Waals surface area contributed by atoms with Crippen molar-refractivity contribution < 1.29 is 14.3 Å². The first-order valence-corrected chi connectivity index (χ1v) is 6.41. The molecule has 0 saturated carbocycles. The maximum Gasteiger partial charge on any atom is 0.410 e. The van der Waals surface area contributed by atoms with Gasteiger partial charge in [0, 0.05) is 6.54 Å². The first kappa shape index (κ1) is 13.4. The van der Waals surface area contributed by atoms with Crippen molar-refractivity contribution in [1.29, 1.82) is 0 Å². The van der Waals surface area contributed by atoms with Crippen LogP contribution in [-0.4, -0.2) is 43.1 Å². The number of aliphatic imine (C=N–C) groups is 1. The number of carbonyl (C=O) groups excluding carboxylic acids is 1. The van der Waals surface area contributed by atoms with Gasteiger partial charge in [-0.15, -0.1) is 0 Å². The molecule has 0 fully saturated rings. The number of nitrogens with zero attached hydrogens (tertiary/aromatic N) is 2. The summed E-state index contributed by atoms with van der Waals surface area (Å²) in [6, 6.07) is 9.63. The van der Waals surface area contributed by atoms with Crippen LogP contribution in [0, 0.1) is 0 Å². The van der Waals surface area contributed by atoms with Crippen molar-refractivity contribution >= 4 is 12.0 Å². The summed E-state index contributed by atoms with van der Waals surface area (Å²) in [5.41, 5.74) is 0.978. The number of benzene rings is 1. The van der Waals surface area contributed by atoms with E-state index in [9.17, 15) is 4.79 Å². The molecule has 0 unspecified atom stereocenters. The molecule has 0 radical (unpaired) electrons. The van der Waals surface area contributed by atoms with Crippen LogP contribution in [0.4, 0.5) is 4.79 Å². The Morgan fingerprint density at radius 1 is 1.37 bits per heavy atom. The third-order valence-corrected chi connectivity index (χ3v) is 2.76. The van der Waals surface area contributed by atoms with Gasteiger partial charge in [0.2, 0.25) is 5.90 Å². The lowest BCUT2D eigenvalue weighted by atomic mass is 10.2. The molecule has 0 aromatic heterocycles. The molecule has 1 heterocycles. The van der Waals surface area contributed by atoms with Gasteiger partial charge in [-0.3, -0.25) is 9.89 Å². The van der Waals surface area contributed by atoms with Gasteiger partial charge in [-0.1, -0.05) is 30.3 Å². The predicted molar refractivity (Wildman–Crippen MR) is 72.1 cm³/mol. The van der Waals surface area contributed by atoms with E-state index >= 15 is 0 Å². The molecule has 2 rings (SSSR count). The lowest BCUT2D eigenvalue weighted by molar-refractivity contribution is 0.0981. The summed E-state index contributed by atoms with van der Waals surface area (Å²) in [7, 11) is 0. The van der Waals surface area contributed by atoms with Gasteiger partial charge in [0.25, 0.3) is 0 Å². The second kappa shape index (κ2) is 6.78. The summed E-state index contributed by atoms with van der Waals surface area (Å²) in [6.45, 7) is 4.28. The zero-order valence-electron chi connectivity index (χ0n) is 11.0. The summed E-state index contributed by atoms with van der Waals surface area (Å²) in [5, 5.41) is 0. The van der Waals surface area contributed by atoms with E-state index in [0.717, 1.165) is 5.56 Å². The van der Waals surface area contributed by atoms with E-state index in [-0.39, 0.29) is 12.7 Å². The highest BCUT2D eigenvalue weighted by atomic mass is 16.6. The van der Waals surface area contributed by atoms with Gasteiger partial charge < -0.3 is 9.47 Å². The molecule has 0 aliphatic carbocycles. The topological polar surface area (TPSA) is 51.1 Å². The normalized spacial score (nSPS) is 14.8. The minimum Gasteiger partial charge on any atom is -0.480 e. The molecule has 1 aromatic carbocycles. The fourth-order valence-electron chi connectivity index (χ4n) is 1.81. The maximum absolute atomic E-state index is 11.9. The van der Waals surface area contributed by atoms with Crippen molar-refractivity contribution in [3.8, 4) is 0 Å². The standard InChI is InChI=1S/C14H18N2O3/c1-2-18-13-10-16(9-8-15-13)14(17)19-11-12-6-4-3-5-7-12/h3-7H,2,8-11H2,1H3. The molecule has 1 aliphatic heterocycles. The molecule has 0 N–H and O–H groups in total. The highest BCUT2D eigenvalue weighted by molar-refractivity contribution is 5.83. The van der Waals surface area contributed by atoms with Gasteiger partial charge in [0.15, 0.2) is 0 Å². The molecule has 19 heavy (non-hydrogen) atoms. The zero-order chi connectivity index (χ0) is 13.5. The third-order valence-electron chi connectivity index (χ3n) is 2.76. The molecule has 1 aliphatic rings. The lowest BCUT2D eigenvalue weighted by Crippen LogP contribution is -2.41. The van der Waals surface area contributed by atoms with E-state index < -0.39 is 0 Å². The van der Waals surface area contributed by atoms with Crippen LogP contribution in [-0.2, 0) is 16.1 Å². The molecule has 0 bridgehead atoms. The van der Waals surface area contributed by atoms with E-state index in [0.29, 0.717) is 32.1 Å². The van der Waals surface area contributed by atoms with Crippen LogP contribution in [0.3, 0.4) is 0 Å². The Hall–Kier alpha value is -2.04. The van der Waals surface area contributed by atoms with Gasteiger partial charge in [-0.25, -0.2) is 4.79 Å². The third kappa shape index (κ3) is 3.98. The fourth-order valence-corrected chi connectivity index (χ4v) is 1.81. The van der Waals surface area contributed by atoms with Crippen LogP contribution < -0.4 is 0 Å². The Labute approximate surface area is 112 Å². The SMILES string of the molecule is CCOC1=NCCN(C(=O)OCc2ccccc2)C1. The Morgan fingerprint density at radius 2 is 2.16 bits per heavy atom. The second-order valence-electron chi connectivity index (χ2n) is 4.17. The van der Waals surface area contributed by atoms with Crippen molar-refractivity contribution in [2.24, 2.45) is 4.99 Å². The predicted octanol–water partition coefficient (Wildman–Crippen LogP) is 2.07. The second-order valence-corrected chi connectivity index (χ2v) is 4.17. The molecular weight excluding hydrogens is 244 g/mol. The summed E-state index contributed by atoms with van der Waals surface area (Å²) in [6.07, 6.45) is -0.323. The number of hydrogen-bond donors (Lipinski definition) is 0. The van der Waals surface area contributed by atoms with E-state index in [1.54, 1.807) is 4.90 Å².